The maximum absolute atomic E-state index is 11.6. The Bertz CT molecular complexity index is 1170. The summed E-state index contributed by atoms with van der Waals surface area (Å²) in [6.45, 7) is -1.08. The first-order chi connectivity index (χ1) is 14.2. The fourth-order valence-electron chi connectivity index (χ4n) is 2.78. The summed E-state index contributed by atoms with van der Waals surface area (Å²) in [5, 5.41) is 10.5. The van der Waals surface area contributed by atoms with Gasteiger partial charge in [0.2, 0.25) is 0 Å². The van der Waals surface area contributed by atoms with Crippen molar-refractivity contribution in [1.82, 2.24) is 15.0 Å². The first-order valence-electron chi connectivity index (χ1n) is 7.87. The molecule has 18 nitrogen and oxygen atoms in total. The molecule has 5 unspecified atom stereocenters. The van der Waals surface area contributed by atoms with Crippen LogP contribution >= 0.6 is 15.6 Å². The molecule has 1 fully saturated rings. The molecule has 1 saturated heterocycles. The van der Waals surface area contributed by atoms with Gasteiger partial charge in [-0.2, -0.15) is 0 Å². The number of phosphoric acid groups is 2. The van der Waals surface area contributed by atoms with E-state index >= 15 is 0 Å². The van der Waals surface area contributed by atoms with Crippen molar-refractivity contribution in [3.8, 4) is 0 Å². The number of phosphoric ester groups is 2. The predicted molar refractivity (Wildman–Crippen MR) is 89.3 cm³/mol. The van der Waals surface area contributed by atoms with Crippen LogP contribution < -0.4 is 14.5 Å². The molecule has 1 aliphatic rings. The second kappa shape index (κ2) is 8.49. The first kappa shape index (κ1) is 24.2. The van der Waals surface area contributed by atoms with Crippen LogP contribution in [0.2, 0.25) is 0 Å². The fourth-order valence-corrected chi connectivity index (χ4v) is 5.69. The van der Waals surface area contributed by atoms with E-state index in [1.165, 1.54) is 6.33 Å². The number of imidazole rings is 1. The number of aromatic amines is 1. The van der Waals surface area contributed by atoms with Crippen LogP contribution in [0.25, 0.3) is 11.2 Å². The van der Waals surface area contributed by atoms with Crippen molar-refractivity contribution in [2.75, 3.05) is 12.3 Å². The molecule has 3 heterocycles. The molecule has 3 rings (SSSR count). The van der Waals surface area contributed by atoms with Crippen LogP contribution in [0.15, 0.2) is 12.7 Å². The molecule has 174 valence electrons. The maximum atomic E-state index is 11.6. The summed E-state index contributed by atoms with van der Waals surface area (Å²) in [5.74, 6) is 0.0403. The van der Waals surface area contributed by atoms with Gasteiger partial charge in [0.1, 0.15) is 0 Å². The molecule has 7 N–H and O–H groups in total. The number of nitrogens with zero attached hydrogens (tertiary/aromatic N) is 3. The number of ether oxygens (including phenoxy) is 1. The summed E-state index contributed by atoms with van der Waals surface area (Å²) in [4.78, 5) is 38.1. The predicted octanol–water partition coefficient (Wildman–Crippen LogP) is -3.65. The standard InChI is InChI=1S/C10H15N5O13P2Se/c11-8-5-9(13-2-12-5)15(3-14-8)10-6(16)7(27-29(17,18)19)4(26-10)1-25-30(20,21)28-31(22,23)24/h2-4,6-7,10,16H,1H2,(H6,11,12,13,17,18,19,20,21,22,23,24). The van der Waals surface area contributed by atoms with Crippen molar-refractivity contribution in [1.29, 1.82) is 0 Å². The molecule has 0 amide bonds. The number of nitrogens with one attached hydrogen (secondary N) is 1. The third-order valence-corrected chi connectivity index (χ3v) is 7.57. The monoisotopic (exact) mass is 555 g/mol. The summed E-state index contributed by atoms with van der Waals surface area (Å²) >= 11 is -6.38. The van der Waals surface area contributed by atoms with Crippen LogP contribution in [0.1, 0.15) is 6.23 Å². The summed E-state index contributed by atoms with van der Waals surface area (Å²) in [7, 11) is -10.6. The zero-order valence-electron chi connectivity index (χ0n) is 14.9. The average molecular weight is 554 g/mol. The van der Waals surface area contributed by atoms with Crippen molar-refractivity contribution < 1.29 is 62.7 Å². The molecule has 0 aromatic carbocycles. The molecule has 0 bridgehead atoms. The quantitative estimate of drug-likeness (QED) is 0.104. The van der Waals surface area contributed by atoms with Crippen LogP contribution in [-0.2, 0) is 34.2 Å². The number of nitrogens with two attached hydrogens (primary N) is 1. The van der Waals surface area contributed by atoms with Crippen LogP contribution in [0.3, 0.4) is 0 Å². The number of nitrogen functional groups attached to an aromatic ring is 1. The van der Waals surface area contributed by atoms with Gasteiger partial charge in [-0.25, -0.2) is 0 Å². The van der Waals surface area contributed by atoms with E-state index < -0.39 is 60.2 Å². The minimum absolute atomic E-state index is 0.0403. The topological polar surface area (TPSA) is 281 Å². The Labute approximate surface area is 173 Å². The van der Waals surface area contributed by atoms with E-state index in [0.717, 1.165) is 10.9 Å². The van der Waals surface area contributed by atoms with Gasteiger partial charge in [0.15, 0.2) is 0 Å². The van der Waals surface area contributed by atoms with Crippen LogP contribution in [0.5, 0.6) is 0 Å². The molecular formula is C10H15N5O13P2Se. The van der Waals surface area contributed by atoms with Crippen molar-refractivity contribution in [3.05, 3.63) is 12.7 Å². The summed E-state index contributed by atoms with van der Waals surface area (Å²) in [6, 6.07) is 0. The summed E-state index contributed by atoms with van der Waals surface area (Å²) in [5.41, 5.74) is 6.05. The summed E-state index contributed by atoms with van der Waals surface area (Å²) in [6.07, 6.45) is -4.44. The molecule has 0 aliphatic carbocycles. The SMILES string of the molecule is Nc1nc[n+](C2OC(COP(=O)(O)O[Se](=O)(=O)[O-])C(OP(=O)(O)O)C2O)c2nc[nH]c12. The Kier molecular flexibility index (Phi) is 6.63. The number of aliphatic hydroxyl groups excluding tert-OH is 1. The molecule has 1 aliphatic heterocycles. The molecule has 2 aromatic heterocycles. The van der Waals surface area contributed by atoms with Crippen LogP contribution in [0.4, 0.5) is 5.82 Å². The average Bonchev–Trinajstić information content (AvgIpc) is 3.18. The molecule has 5 atom stereocenters. The number of anilines is 1. The molecule has 0 spiro atoms. The van der Waals surface area contributed by atoms with E-state index in [0.29, 0.717) is 0 Å². The Hall–Kier alpha value is -1.43. The number of rotatable bonds is 8. The van der Waals surface area contributed by atoms with Crippen molar-refractivity contribution in [2.24, 2.45) is 0 Å². The summed E-state index contributed by atoms with van der Waals surface area (Å²) < 4.78 is 73.4. The molecule has 2 aromatic rings. The number of hydrogen-bond acceptors (Lipinski definition) is 13. The van der Waals surface area contributed by atoms with Crippen molar-refractivity contribution in [3.63, 3.8) is 0 Å². The zero-order valence-corrected chi connectivity index (χ0v) is 18.4. The van der Waals surface area contributed by atoms with E-state index in [1.807, 2.05) is 0 Å². The molecule has 31 heavy (non-hydrogen) atoms. The van der Waals surface area contributed by atoms with Crippen LogP contribution in [-0.4, -0.2) is 73.0 Å². The van der Waals surface area contributed by atoms with Gasteiger partial charge in [0.05, 0.1) is 0 Å². The Morgan fingerprint density at radius 3 is 2.61 bits per heavy atom. The number of aromatic nitrogens is 4. The van der Waals surface area contributed by atoms with Crippen LogP contribution in [0, 0.1) is 0 Å². The van der Waals surface area contributed by atoms with Gasteiger partial charge in [-0.15, -0.1) is 0 Å². The van der Waals surface area contributed by atoms with E-state index in [-0.39, 0.29) is 17.0 Å². The number of H-pyrrole nitrogens is 1. The van der Waals surface area contributed by atoms with Gasteiger partial charge in [0, 0.05) is 0 Å². The Balaban J connectivity index is 1.89. The van der Waals surface area contributed by atoms with E-state index in [9.17, 15) is 31.0 Å². The molecular weight excluding hydrogens is 539 g/mol. The van der Waals surface area contributed by atoms with Gasteiger partial charge in [-0.05, 0) is 0 Å². The van der Waals surface area contributed by atoms with Gasteiger partial charge in [-0.3, -0.25) is 0 Å². The number of aliphatic hydroxyl groups is 1. The second-order valence-corrected chi connectivity index (χ2v) is 11.2. The van der Waals surface area contributed by atoms with Gasteiger partial charge in [0.25, 0.3) is 0 Å². The van der Waals surface area contributed by atoms with Crippen molar-refractivity contribution >= 4 is 46.0 Å². The number of fused-ring (bicyclic) bond motifs is 1. The third-order valence-electron chi connectivity index (χ3n) is 3.87. The molecule has 0 saturated carbocycles. The Morgan fingerprint density at radius 1 is 1.32 bits per heavy atom. The van der Waals surface area contributed by atoms with Gasteiger partial charge >= 0.3 is 173 Å². The molecule has 21 heteroatoms. The second-order valence-electron chi connectivity index (χ2n) is 6.00. The zero-order chi connectivity index (χ0) is 23.2. The molecule has 0 radical (unpaired) electrons. The number of hydrogen-bond donors (Lipinski definition) is 6. The Morgan fingerprint density at radius 2 is 2.00 bits per heavy atom. The van der Waals surface area contributed by atoms with Gasteiger partial charge < -0.3 is 0 Å². The first-order valence-corrected chi connectivity index (χ1v) is 13.7. The van der Waals surface area contributed by atoms with E-state index in [1.54, 1.807) is 0 Å². The normalized spacial score (nSPS) is 26.9. The fraction of sp³-hybridized carbons (Fsp3) is 0.500. The van der Waals surface area contributed by atoms with E-state index in [4.69, 9.17) is 20.3 Å². The minimum atomic E-state index is -6.38. The van der Waals surface area contributed by atoms with Gasteiger partial charge in [-0.1, -0.05) is 0 Å². The van der Waals surface area contributed by atoms with E-state index in [2.05, 4.69) is 27.6 Å². The third kappa shape index (κ3) is 5.88. The van der Waals surface area contributed by atoms with Crippen molar-refractivity contribution in [2.45, 2.75) is 24.5 Å².